The lowest BCUT2D eigenvalue weighted by atomic mass is 9.92. The summed E-state index contributed by atoms with van der Waals surface area (Å²) in [5.41, 5.74) is 2.19. The van der Waals surface area contributed by atoms with Gasteiger partial charge in [-0.2, -0.15) is 0 Å². The van der Waals surface area contributed by atoms with E-state index in [1.807, 2.05) is 26.0 Å². The summed E-state index contributed by atoms with van der Waals surface area (Å²) in [6.45, 7) is 14.5. The molecular weight excluding hydrogens is 310 g/mol. The Morgan fingerprint density at radius 1 is 1.04 bits per heavy atom. The number of piperidine rings is 1. The van der Waals surface area contributed by atoms with Gasteiger partial charge in [0.15, 0.2) is 0 Å². The molecule has 1 aliphatic rings. The zero-order valence-corrected chi connectivity index (χ0v) is 15.7. The molecule has 3 nitrogen and oxygen atoms in total. The average molecular weight is 341 g/mol. The van der Waals surface area contributed by atoms with Gasteiger partial charge < -0.3 is 14.4 Å². The summed E-state index contributed by atoms with van der Waals surface area (Å²) >= 11 is 6.10. The Morgan fingerprint density at radius 3 is 2.43 bits per heavy atom. The molecule has 0 bridgehead atoms. The maximum absolute atomic E-state index is 6.10. The number of benzene rings is 1. The van der Waals surface area contributed by atoms with Crippen LogP contribution in [0.2, 0.25) is 5.02 Å². The zero-order valence-electron chi connectivity index (χ0n) is 15.0. The van der Waals surface area contributed by atoms with Gasteiger partial charge >= 0.3 is 0 Å². The van der Waals surface area contributed by atoms with Crippen LogP contribution in [-0.2, 0) is 4.74 Å². The minimum Gasteiger partial charge on any atom is -0.491 e. The van der Waals surface area contributed by atoms with Crippen molar-refractivity contribution in [1.82, 2.24) is 0 Å². The van der Waals surface area contributed by atoms with Crippen molar-refractivity contribution in [1.29, 1.82) is 0 Å². The Balaban J connectivity index is 1.62. The molecule has 0 aliphatic carbocycles. The van der Waals surface area contributed by atoms with Gasteiger partial charge in [0.25, 0.3) is 0 Å². The third-order valence-corrected chi connectivity index (χ3v) is 5.25. The highest BCUT2D eigenvalue weighted by molar-refractivity contribution is 6.31. The van der Waals surface area contributed by atoms with Crippen LogP contribution < -0.4 is 9.64 Å². The third kappa shape index (κ3) is 5.66. The second-order valence-corrected chi connectivity index (χ2v) is 7.52. The molecule has 23 heavy (non-hydrogen) atoms. The molecule has 1 aromatic carbocycles. The Labute approximate surface area is 145 Å². The molecule has 1 saturated heterocycles. The molecule has 1 fully saturated rings. The minimum atomic E-state index is 0.587. The van der Waals surface area contributed by atoms with Crippen molar-refractivity contribution in [3.63, 3.8) is 0 Å². The number of hydrogen-bond acceptors (Lipinski definition) is 2. The molecule has 0 amide bonds. The molecule has 3 atom stereocenters. The average Bonchev–Trinajstić information content (AvgIpc) is 2.49. The van der Waals surface area contributed by atoms with Crippen LogP contribution in [0.5, 0.6) is 5.75 Å². The molecule has 1 aliphatic heterocycles. The van der Waals surface area contributed by atoms with Crippen molar-refractivity contribution in [3.8, 4) is 5.75 Å². The molecule has 0 radical (unpaired) electrons. The van der Waals surface area contributed by atoms with Gasteiger partial charge in [-0.05, 0) is 43.5 Å². The maximum atomic E-state index is 6.10. The molecule has 2 rings (SSSR count). The predicted octanol–water partition coefficient (Wildman–Crippen LogP) is 2.91. The van der Waals surface area contributed by atoms with Gasteiger partial charge in [-0.25, -0.2) is 0 Å². The van der Waals surface area contributed by atoms with E-state index in [4.69, 9.17) is 21.1 Å². The quantitative estimate of drug-likeness (QED) is 0.771. The van der Waals surface area contributed by atoms with Gasteiger partial charge in [-0.15, -0.1) is 0 Å². The fourth-order valence-corrected chi connectivity index (χ4v) is 3.78. The number of ether oxygens (including phenoxy) is 2. The Morgan fingerprint density at radius 2 is 1.74 bits per heavy atom. The molecule has 1 heterocycles. The van der Waals surface area contributed by atoms with Gasteiger partial charge in [0, 0.05) is 16.9 Å². The van der Waals surface area contributed by atoms with Crippen LogP contribution in [0.4, 0.5) is 0 Å². The largest absolute Gasteiger partial charge is 0.491 e. The molecular formula is C19H31ClNO2+. The highest BCUT2D eigenvalue weighted by Crippen LogP contribution is 2.27. The highest BCUT2D eigenvalue weighted by Gasteiger charge is 2.24. The second kappa shape index (κ2) is 8.91. The van der Waals surface area contributed by atoms with Crippen LogP contribution in [-0.4, -0.2) is 39.5 Å². The maximum Gasteiger partial charge on any atom is 0.122 e. The summed E-state index contributed by atoms with van der Waals surface area (Å²) in [4.78, 5) is 1.68. The van der Waals surface area contributed by atoms with E-state index in [-0.39, 0.29) is 0 Å². The smallest absolute Gasteiger partial charge is 0.122 e. The highest BCUT2D eigenvalue weighted by atomic mass is 35.5. The zero-order chi connectivity index (χ0) is 16.8. The molecule has 0 aromatic heterocycles. The lowest BCUT2D eigenvalue weighted by molar-refractivity contribution is -0.912. The molecule has 0 spiro atoms. The monoisotopic (exact) mass is 340 g/mol. The minimum absolute atomic E-state index is 0.587. The lowest BCUT2D eigenvalue weighted by Gasteiger charge is -2.31. The van der Waals surface area contributed by atoms with E-state index < -0.39 is 0 Å². The van der Waals surface area contributed by atoms with Crippen molar-refractivity contribution < 1.29 is 14.4 Å². The van der Waals surface area contributed by atoms with E-state index in [9.17, 15) is 0 Å². The number of hydrogen-bond donors (Lipinski definition) is 1. The molecule has 1 unspecified atom stereocenters. The summed E-state index contributed by atoms with van der Waals surface area (Å²) < 4.78 is 11.6. The van der Waals surface area contributed by atoms with Crippen LogP contribution in [0.15, 0.2) is 12.1 Å². The van der Waals surface area contributed by atoms with Crippen molar-refractivity contribution in [2.75, 3.05) is 39.5 Å². The predicted molar refractivity (Wildman–Crippen MR) is 95.7 cm³/mol. The van der Waals surface area contributed by atoms with Crippen LogP contribution in [0, 0.1) is 25.7 Å². The fourth-order valence-electron chi connectivity index (χ4n) is 3.57. The standard InChI is InChI=1S/C19H30ClNO2/c1-14-11-15(2)13-21(12-14)7-8-22-9-10-23-19-6-5-18(20)16(3)17(19)4/h5-6,14-15H,7-13H2,1-4H3/p+1/t14-,15+. The second-order valence-electron chi connectivity index (χ2n) is 7.11. The van der Waals surface area contributed by atoms with Crippen LogP contribution >= 0.6 is 11.6 Å². The van der Waals surface area contributed by atoms with Gasteiger partial charge in [0.1, 0.15) is 18.9 Å². The van der Waals surface area contributed by atoms with Gasteiger partial charge in [0.05, 0.1) is 26.3 Å². The molecule has 4 heteroatoms. The van der Waals surface area contributed by atoms with Gasteiger partial charge in [-0.1, -0.05) is 25.4 Å². The van der Waals surface area contributed by atoms with E-state index in [2.05, 4.69) is 13.8 Å². The Kier molecular flexibility index (Phi) is 7.19. The molecule has 130 valence electrons. The molecule has 1 aromatic rings. The van der Waals surface area contributed by atoms with E-state index >= 15 is 0 Å². The molecule has 1 N–H and O–H groups in total. The SMILES string of the molecule is Cc1c(Cl)ccc(OCCOCC[NH+]2C[C@H](C)C[C@H](C)C2)c1C. The van der Waals surface area contributed by atoms with E-state index in [1.165, 1.54) is 19.5 Å². The van der Waals surface area contributed by atoms with Crippen molar-refractivity contribution in [2.45, 2.75) is 34.1 Å². The number of likely N-dealkylation sites (tertiary alicyclic amines) is 1. The summed E-state index contributed by atoms with van der Waals surface area (Å²) in [5, 5.41) is 0.791. The number of quaternary nitrogens is 1. The first-order valence-electron chi connectivity index (χ1n) is 8.77. The van der Waals surface area contributed by atoms with Gasteiger partial charge in [0.2, 0.25) is 0 Å². The van der Waals surface area contributed by atoms with Crippen molar-refractivity contribution >= 4 is 11.6 Å². The number of nitrogens with one attached hydrogen (secondary N) is 1. The summed E-state index contributed by atoms with van der Waals surface area (Å²) in [6, 6.07) is 3.83. The van der Waals surface area contributed by atoms with E-state index in [0.29, 0.717) is 13.2 Å². The normalized spacial score (nSPS) is 24.7. The Hall–Kier alpha value is -0.770. The first kappa shape index (κ1) is 18.6. The van der Waals surface area contributed by atoms with Crippen molar-refractivity contribution in [3.05, 3.63) is 28.3 Å². The van der Waals surface area contributed by atoms with Crippen LogP contribution in [0.1, 0.15) is 31.4 Å². The van der Waals surface area contributed by atoms with Crippen LogP contribution in [0.25, 0.3) is 0 Å². The van der Waals surface area contributed by atoms with Crippen LogP contribution in [0.3, 0.4) is 0 Å². The summed E-state index contributed by atoms with van der Waals surface area (Å²) in [5.74, 6) is 2.58. The molecule has 0 saturated carbocycles. The summed E-state index contributed by atoms with van der Waals surface area (Å²) in [7, 11) is 0. The van der Waals surface area contributed by atoms with E-state index in [1.54, 1.807) is 4.90 Å². The lowest BCUT2D eigenvalue weighted by Crippen LogP contribution is -3.14. The number of halogens is 1. The topological polar surface area (TPSA) is 22.9 Å². The summed E-state index contributed by atoms with van der Waals surface area (Å²) in [6.07, 6.45) is 1.37. The first-order chi connectivity index (χ1) is 11.0. The third-order valence-electron chi connectivity index (χ3n) is 4.84. The first-order valence-corrected chi connectivity index (χ1v) is 9.15. The fraction of sp³-hybridized carbons (Fsp3) is 0.684. The van der Waals surface area contributed by atoms with Crippen molar-refractivity contribution in [2.24, 2.45) is 11.8 Å². The number of rotatable bonds is 7. The van der Waals surface area contributed by atoms with E-state index in [0.717, 1.165) is 46.9 Å². The van der Waals surface area contributed by atoms with Gasteiger partial charge in [-0.3, -0.25) is 0 Å². The Bertz CT molecular complexity index is 496.